The zero-order valence-corrected chi connectivity index (χ0v) is 23.0. The van der Waals surface area contributed by atoms with Gasteiger partial charge >= 0.3 is 12.1 Å². The highest BCUT2D eigenvalue weighted by molar-refractivity contribution is 7.22. The van der Waals surface area contributed by atoms with Crippen LogP contribution in [0.1, 0.15) is 64.0 Å². The highest BCUT2D eigenvalue weighted by Gasteiger charge is 2.55. The minimum absolute atomic E-state index is 0.0756. The summed E-state index contributed by atoms with van der Waals surface area (Å²) in [6.07, 6.45) is -1.08. The number of carbonyl (C=O) groups excluding carboxylic acids is 1. The first-order valence-electron chi connectivity index (χ1n) is 13.4. The second-order valence-corrected chi connectivity index (χ2v) is 11.2. The Balaban J connectivity index is 1.54. The Morgan fingerprint density at radius 2 is 1.82 bits per heavy atom. The van der Waals surface area contributed by atoms with E-state index in [1.54, 1.807) is 17.4 Å². The second kappa shape index (κ2) is 11.9. The van der Waals surface area contributed by atoms with Crippen LogP contribution in [0.4, 0.5) is 13.2 Å². The third kappa shape index (κ3) is 6.42. The number of esters is 1. The van der Waals surface area contributed by atoms with Crippen LogP contribution in [0.15, 0.2) is 54.6 Å². The van der Waals surface area contributed by atoms with E-state index in [-0.39, 0.29) is 18.4 Å². The van der Waals surface area contributed by atoms with Crippen LogP contribution in [-0.4, -0.2) is 24.4 Å². The van der Waals surface area contributed by atoms with Gasteiger partial charge in [0.2, 0.25) is 0 Å². The van der Waals surface area contributed by atoms with Crippen molar-refractivity contribution in [3.63, 3.8) is 0 Å². The largest absolute Gasteiger partial charge is 0.490 e. The SMILES string of the molecule is C=C(C)C(=O)OC1CCC(Oc2ccc3cc(-c4ccc(CCCCC)cc4CC)sc3c2)C1C(F)(F)F. The van der Waals surface area contributed by atoms with Gasteiger partial charge in [-0.05, 0) is 85.4 Å². The molecular weight excluding hydrogens is 509 g/mol. The Morgan fingerprint density at radius 3 is 2.50 bits per heavy atom. The molecule has 0 bridgehead atoms. The van der Waals surface area contributed by atoms with Crippen molar-refractivity contribution in [3.05, 3.63) is 65.7 Å². The van der Waals surface area contributed by atoms with Crippen LogP contribution in [0.5, 0.6) is 5.75 Å². The fourth-order valence-corrected chi connectivity index (χ4v) is 6.31. The second-order valence-electron chi connectivity index (χ2n) is 10.1. The van der Waals surface area contributed by atoms with E-state index in [2.05, 4.69) is 44.7 Å². The summed E-state index contributed by atoms with van der Waals surface area (Å²) in [6.45, 7) is 9.26. The van der Waals surface area contributed by atoms with Gasteiger partial charge in [-0.25, -0.2) is 4.79 Å². The monoisotopic (exact) mass is 544 g/mol. The average Bonchev–Trinajstić information content (AvgIpc) is 3.47. The first-order chi connectivity index (χ1) is 18.1. The maximum absolute atomic E-state index is 14.0. The number of hydrogen-bond acceptors (Lipinski definition) is 4. The van der Waals surface area contributed by atoms with E-state index in [4.69, 9.17) is 9.47 Å². The molecular formula is C31H35F3O3S. The van der Waals surface area contributed by atoms with Gasteiger partial charge in [0.1, 0.15) is 23.9 Å². The van der Waals surface area contributed by atoms with E-state index in [9.17, 15) is 18.0 Å². The summed E-state index contributed by atoms with van der Waals surface area (Å²) in [6, 6.07) is 14.3. The number of unbranched alkanes of at least 4 members (excludes halogenated alkanes) is 2. The summed E-state index contributed by atoms with van der Waals surface area (Å²) < 4.78 is 53.8. The Morgan fingerprint density at radius 1 is 1.05 bits per heavy atom. The lowest BCUT2D eigenvalue weighted by molar-refractivity contribution is -0.215. The predicted octanol–water partition coefficient (Wildman–Crippen LogP) is 9.07. The molecule has 3 aromatic rings. The molecule has 3 unspecified atom stereocenters. The highest BCUT2D eigenvalue weighted by Crippen LogP contribution is 2.44. The smallest absolute Gasteiger partial charge is 0.398 e. The topological polar surface area (TPSA) is 35.5 Å². The molecule has 38 heavy (non-hydrogen) atoms. The zero-order chi connectivity index (χ0) is 27.4. The molecule has 1 aliphatic carbocycles. The number of hydrogen-bond donors (Lipinski definition) is 0. The molecule has 1 fully saturated rings. The number of thiophene rings is 1. The van der Waals surface area contributed by atoms with Crippen molar-refractivity contribution in [2.24, 2.45) is 5.92 Å². The van der Waals surface area contributed by atoms with Crippen LogP contribution in [0.3, 0.4) is 0 Å². The van der Waals surface area contributed by atoms with Crippen molar-refractivity contribution in [3.8, 4) is 16.2 Å². The van der Waals surface area contributed by atoms with Crippen molar-refractivity contribution >= 4 is 27.4 Å². The number of carbonyl (C=O) groups is 1. The average molecular weight is 545 g/mol. The lowest BCUT2D eigenvalue weighted by atomic mass is 9.98. The van der Waals surface area contributed by atoms with Gasteiger partial charge in [0.05, 0.1) is 0 Å². The van der Waals surface area contributed by atoms with Gasteiger partial charge in [-0.3, -0.25) is 0 Å². The molecule has 1 heterocycles. The third-order valence-electron chi connectivity index (χ3n) is 7.19. The van der Waals surface area contributed by atoms with Gasteiger partial charge in [-0.1, -0.05) is 51.5 Å². The molecule has 7 heteroatoms. The Kier molecular flexibility index (Phi) is 8.86. The summed E-state index contributed by atoms with van der Waals surface area (Å²) >= 11 is 1.62. The van der Waals surface area contributed by atoms with Crippen molar-refractivity contribution < 1.29 is 27.4 Å². The van der Waals surface area contributed by atoms with Crippen LogP contribution in [0.25, 0.3) is 20.5 Å². The van der Waals surface area contributed by atoms with E-state index in [0.717, 1.165) is 27.8 Å². The Labute approximate surface area is 226 Å². The lowest BCUT2D eigenvalue weighted by Gasteiger charge is -2.27. The van der Waals surface area contributed by atoms with Crippen LogP contribution >= 0.6 is 11.3 Å². The molecule has 3 nitrogen and oxygen atoms in total. The van der Waals surface area contributed by atoms with Gasteiger partial charge in [-0.2, -0.15) is 13.2 Å². The Bertz CT molecular complexity index is 1290. The maximum Gasteiger partial charge on any atom is 0.398 e. The zero-order valence-electron chi connectivity index (χ0n) is 22.2. The van der Waals surface area contributed by atoms with Gasteiger partial charge < -0.3 is 9.47 Å². The van der Waals surface area contributed by atoms with Crippen molar-refractivity contribution in [1.29, 1.82) is 0 Å². The molecule has 1 saturated carbocycles. The van der Waals surface area contributed by atoms with Crippen LogP contribution in [0.2, 0.25) is 0 Å². The molecule has 0 radical (unpaired) electrons. The molecule has 204 valence electrons. The first kappa shape index (κ1) is 28.2. The maximum atomic E-state index is 14.0. The van der Waals surface area contributed by atoms with Gasteiger partial charge in [-0.15, -0.1) is 11.3 Å². The minimum Gasteiger partial charge on any atom is -0.490 e. The quantitative estimate of drug-likeness (QED) is 0.145. The third-order valence-corrected chi connectivity index (χ3v) is 8.32. The van der Waals surface area contributed by atoms with E-state index >= 15 is 0 Å². The molecule has 0 N–H and O–H groups in total. The standard InChI is InChI=1S/C31H35F3O3S/c1-5-7-8-9-20-10-13-24(21(6-2)16-20)28-17-22-11-12-23(18-27(22)38-28)36-25-14-15-26(29(25)31(32,33)34)37-30(35)19(3)4/h10-13,16-18,25-26,29H,3,5-9,14-15H2,1-2,4H3. The number of halogens is 3. The van der Waals surface area contributed by atoms with E-state index in [1.807, 2.05) is 12.1 Å². The molecule has 3 atom stereocenters. The number of benzene rings is 2. The molecule has 0 saturated heterocycles. The van der Waals surface area contributed by atoms with Gasteiger partial charge in [0, 0.05) is 15.2 Å². The van der Waals surface area contributed by atoms with Crippen molar-refractivity contribution in [2.45, 2.75) is 84.1 Å². The van der Waals surface area contributed by atoms with E-state index in [1.165, 1.54) is 42.9 Å². The molecule has 1 aromatic heterocycles. The van der Waals surface area contributed by atoms with E-state index in [0.29, 0.717) is 5.75 Å². The minimum atomic E-state index is -4.55. The number of alkyl halides is 3. The van der Waals surface area contributed by atoms with Crippen LogP contribution < -0.4 is 4.74 Å². The molecule has 1 aliphatic rings. The van der Waals surface area contributed by atoms with Crippen LogP contribution in [0, 0.1) is 5.92 Å². The number of aryl methyl sites for hydroxylation is 2. The molecule has 0 amide bonds. The molecule has 4 rings (SSSR count). The molecule has 0 aliphatic heterocycles. The van der Waals surface area contributed by atoms with Gasteiger partial charge in [0.15, 0.2) is 0 Å². The summed E-state index contributed by atoms with van der Waals surface area (Å²) in [7, 11) is 0. The number of fused-ring (bicyclic) bond motifs is 1. The molecule has 2 aromatic carbocycles. The van der Waals surface area contributed by atoms with Crippen LogP contribution in [-0.2, 0) is 22.4 Å². The fourth-order valence-electron chi connectivity index (χ4n) is 5.16. The summed E-state index contributed by atoms with van der Waals surface area (Å²) in [4.78, 5) is 13.0. The highest BCUT2D eigenvalue weighted by atomic mass is 32.1. The predicted molar refractivity (Wildman–Crippen MR) is 148 cm³/mol. The summed E-state index contributed by atoms with van der Waals surface area (Å²) in [5, 5.41) is 1.03. The summed E-state index contributed by atoms with van der Waals surface area (Å²) in [5.41, 5.74) is 3.94. The molecule has 0 spiro atoms. The fraction of sp³-hybridized carbons (Fsp3) is 0.452. The van der Waals surface area contributed by atoms with Gasteiger partial charge in [0.25, 0.3) is 0 Å². The van der Waals surface area contributed by atoms with Crippen molar-refractivity contribution in [1.82, 2.24) is 0 Å². The Hall–Kier alpha value is -2.80. The number of rotatable bonds is 10. The number of ether oxygens (including phenoxy) is 2. The lowest BCUT2D eigenvalue weighted by Crippen LogP contribution is -2.41. The van der Waals surface area contributed by atoms with Crippen molar-refractivity contribution in [2.75, 3.05) is 0 Å². The summed E-state index contributed by atoms with van der Waals surface area (Å²) in [5.74, 6) is -2.31. The first-order valence-corrected chi connectivity index (χ1v) is 14.2. The normalized spacial score (nSPS) is 19.6. The van der Waals surface area contributed by atoms with E-state index < -0.39 is 30.3 Å².